The molecule has 6 heteroatoms. The number of amides is 3. The van der Waals surface area contributed by atoms with E-state index < -0.39 is 0 Å². The lowest BCUT2D eigenvalue weighted by atomic mass is 10.1. The molecule has 1 unspecified atom stereocenters. The number of likely N-dealkylation sites (tertiary alicyclic amines) is 1. The van der Waals surface area contributed by atoms with Crippen molar-refractivity contribution in [1.29, 1.82) is 0 Å². The van der Waals surface area contributed by atoms with Gasteiger partial charge in [-0.25, -0.2) is 0 Å². The fourth-order valence-electron chi connectivity index (χ4n) is 1.71. The first kappa shape index (κ1) is 21.9. The highest BCUT2D eigenvalue weighted by molar-refractivity contribution is 6.03. The van der Waals surface area contributed by atoms with Crippen LogP contribution in [-0.2, 0) is 14.4 Å². The second kappa shape index (κ2) is 13.5. The summed E-state index contributed by atoms with van der Waals surface area (Å²) in [4.78, 5) is 35.5. The minimum atomic E-state index is -0.247. The van der Waals surface area contributed by atoms with Crippen LogP contribution in [0.5, 0.6) is 0 Å². The molecule has 0 bridgehead atoms. The van der Waals surface area contributed by atoms with Gasteiger partial charge in [-0.15, -0.1) is 0 Å². The Hall–Kier alpha value is -1.43. The molecule has 3 N–H and O–H groups in total. The van der Waals surface area contributed by atoms with Gasteiger partial charge in [0.2, 0.25) is 17.7 Å². The molecule has 1 aliphatic rings. The SMILES string of the molecule is CC.CC.CC1CC(=O)N(CCC(=O)NCCCN)C1=O. The number of imide groups is 1. The Morgan fingerprint density at radius 2 is 1.86 bits per heavy atom. The van der Waals surface area contributed by atoms with E-state index in [0.29, 0.717) is 13.1 Å². The number of carbonyl (C=O) groups excluding carboxylic acids is 3. The molecule has 1 rings (SSSR count). The van der Waals surface area contributed by atoms with Crippen molar-refractivity contribution >= 4 is 17.7 Å². The van der Waals surface area contributed by atoms with E-state index in [9.17, 15) is 14.4 Å². The number of carbonyl (C=O) groups is 3. The first-order chi connectivity index (χ1) is 10.1. The van der Waals surface area contributed by atoms with Crippen molar-refractivity contribution in [1.82, 2.24) is 10.2 Å². The molecule has 1 heterocycles. The van der Waals surface area contributed by atoms with E-state index in [1.807, 2.05) is 27.7 Å². The normalized spacial score (nSPS) is 16.7. The molecule has 3 amide bonds. The number of rotatable bonds is 6. The number of hydrogen-bond donors (Lipinski definition) is 2. The molecule has 0 aliphatic carbocycles. The first-order valence-electron chi connectivity index (χ1n) is 7.87. The quantitative estimate of drug-likeness (QED) is 0.571. The Morgan fingerprint density at radius 1 is 1.29 bits per heavy atom. The van der Waals surface area contributed by atoms with E-state index in [0.717, 1.165) is 6.42 Å². The van der Waals surface area contributed by atoms with Gasteiger partial charge in [-0.2, -0.15) is 0 Å². The number of nitrogens with one attached hydrogen (secondary N) is 1. The number of hydrogen-bond acceptors (Lipinski definition) is 4. The zero-order valence-electron chi connectivity index (χ0n) is 14.1. The molecule has 0 saturated carbocycles. The van der Waals surface area contributed by atoms with Crippen molar-refractivity contribution in [3.63, 3.8) is 0 Å². The summed E-state index contributed by atoms with van der Waals surface area (Å²) in [5.41, 5.74) is 5.29. The van der Waals surface area contributed by atoms with Crippen LogP contribution < -0.4 is 11.1 Å². The molecule has 21 heavy (non-hydrogen) atoms. The molecule has 6 nitrogen and oxygen atoms in total. The highest BCUT2D eigenvalue weighted by atomic mass is 16.2. The van der Waals surface area contributed by atoms with Crippen molar-refractivity contribution in [3.05, 3.63) is 0 Å². The standard InChI is InChI=1S/C11H19N3O3.2C2H6/c1-8-7-10(16)14(11(8)17)6-3-9(15)13-5-2-4-12;2*1-2/h8H,2-7,12H2,1H3,(H,13,15);2*1-2H3. The Morgan fingerprint density at radius 3 is 2.29 bits per heavy atom. The van der Waals surface area contributed by atoms with Crippen LogP contribution in [0.2, 0.25) is 0 Å². The summed E-state index contributed by atoms with van der Waals surface area (Å²) < 4.78 is 0. The van der Waals surface area contributed by atoms with Crippen LogP contribution in [-0.4, -0.2) is 42.3 Å². The van der Waals surface area contributed by atoms with E-state index in [2.05, 4.69) is 5.32 Å². The highest BCUT2D eigenvalue weighted by Gasteiger charge is 2.35. The van der Waals surface area contributed by atoms with E-state index in [-0.39, 0.29) is 43.0 Å². The summed E-state index contributed by atoms with van der Waals surface area (Å²) >= 11 is 0. The Balaban J connectivity index is 0. The van der Waals surface area contributed by atoms with Gasteiger partial charge in [0.25, 0.3) is 0 Å². The lowest BCUT2D eigenvalue weighted by Gasteiger charge is -2.13. The molecule has 0 aromatic rings. The van der Waals surface area contributed by atoms with E-state index in [4.69, 9.17) is 5.73 Å². The summed E-state index contributed by atoms with van der Waals surface area (Å²) in [7, 11) is 0. The summed E-state index contributed by atoms with van der Waals surface area (Å²) in [5, 5.41) is 2.68. The van der Waals surface area contributed by atoms with Gasteiger partial charge in [-0.1, -0.05) is 34.6 Å². The minimum absolute atomic E-state index is 0.154. The molecule has 0 aromatic heterocycles. The van der Waals surface area contributed by atoms with Gasteiger partial charge in [0, 0.05) is 31.8 Å². The second-order valence-electron chi connectivity index (χ2n) is 4.23. The van der Waals surface area contributed by atoms with Gasteiger partial charge in [0.05, 0.1) is 0 Å². The predicted molar refractivity (Wildman–Crippen MR) is 84.5 cm³/mol. The molecule has 0 radical (unpaired) electrons. The van der Waals surface area contributed by atoms with Gasteiger partial charge < -0.3 is 11.1 Å². The average Bonchev–Trinajstić information content (AvgIpc) is 2.75. The Labute approximate surface area is 128 Å². The molecule has 0 aromatic carbocycles. The van der Waals surface area contributed by atoms with Gasteiger partial charge >= 0.3 is 0 Å². The van der Waals surface area contributed by atoms with Crippen molar-refractivity contribution in [3.8, 4) is 0 Å². The van der Waals surface area contributed by atoms with Gasteiger partial charge in [-0.05, 0) is 13.0 Å². The Kier molecular flexibility index (Phi) is 14.1. The zero-order valence-corrected chi connectivity index (χ0v) is 14.1. The van der Waals surface area contributed by atoms with Crippen LogP contribution in [0, 0.1) is 5.92 Å². The molecule has 1 atom stereocenters. The third kappa shape index (κ3) is 8.45. The van der Waals surface area contributed by atoms with E-state index in [1.165, 1.54) is 4.90 Å². The van der Waals surface area contributed by atoms with E-state index >= 15 is 0 Å². The zero-order chi connectivity index (χ0) is 16.8. The molecular formula is C15H31N3O3. The smallest absolute Gasteiger partial charge is 0.232 e. The highest BCUT2D eigenvalue weighted by Crippen LogP contribution is 2.18. The topological polar surface area (TPSA) is 92.5 Å². The maximum Gasteiger partial charge on any atom is 0.232 e. The summed E-state index contributed by atoms with van der Waals surface area (Å²) in [6.45, 7) is 11.0. The molecule has 124 valence electrons. The summed E-state index contributed by atoms with van der Waals surface area (Å²) in [5.74, 6) is -0.761. The van der Waals surface area contributed by atoms with Gasteiger partial charge in [-0.3, -0.25) is 19.3 Å². The van der Waals surface area contributed by atoms with Gasteiger partial charge in [0.1, 0.15) is 0 Å². The Bertz CT molecular complexity index is 319. The average molecular weight is 301 g/mol. The molecular weight excluding hydrogens is 270 g/mol. The fourth-order valence-corrected chi connectivity index (χ4v) is 1.71. The van der Waals surface area contributed by atoms with E-state index in [1.54, 1.807) is 6.92 Å². The number of nitrogens with zero attached hydrogens (tertiary/aromatic N) is 1. The van der Waals surface area contributed by atoms with Crippen LogP contribution in [0.3, 0.4) is 0 Å². The fraction of sp³-hybridized carbons (Fsp3) is 0.800. The largest absolute Gasteiger partial charge is 0.356 e. The molecule has 0 spiro atoms. The third-order valence-corrected chi connectivity index (χ3v) is 2.74. The molecule has 1 aliphatic heterocycles. The van der Waals surface area contributed by atoms with Crippen LogP contribution in [0.25, 0.3) is 0 Å². The molecule has 1 fully saturated rings. The maximum absolute atomic E-state index is 11.5. The van der Waals surface area contributed by atoms with Crippen molar-refractivity contribution in [2.45, 2.75) is 53.9 Å². The van der Waals surface area contributed by atoms with Crippen LogP contribution in [0.1, 0.15) is 53.9 Å². The third-order valence-electron chi connectivity index (χ3n) is 2.74. The van der Waals surface area contributed by atoms with Crippen LogP contribution in [0.15, 0.2) is 0 Å². The first-order valence-corrected chi connectivity index (χ1v) is 7.87. The predicted octanol–water partition coefficient (Wildman–Crippen LogP) is 1.29. The lowest BCUT2D eigenvalue weighted by molar-refractivity contribution is -0.139. The summed E-state index contributed by atoms with van der Waals surface area (Å²) in [6, 6.07) is 0. The molecule has 1 saturated heterocycles. The lowest BCUT2D eigenvalue weighted by Crippen LogP contribution is -2.35. The van der Waals surface area contributed by atoms with Crippen molar-refractivity contribution in [2.75, 3.05) is 19.6 Å². The summed E-state index contributed by atoms with van der Waals surface area (Å²) in [6.07, 6.45) is 1.15. The van der Waals surface area contributed by atoms with Crippen molar-refractivity contribution < 1.29 is 14.4 Å². The monoisotopic (exact) mass is 301 g/mol. The van der Waals surface area contributed by atoms with Gasteiger partial charge in [0.15, 0.2) is 0 Å². The van der Waals surface area contributed by atoms with Crippen LogP contribution >= 0.6 is 0 Å². The maximum atomic E-state index is 11.5. The number of nitrogens with two attached hydrogens (primary N) is 1. The van der Waals surface area contributed by atoms with Crippen molar-refractivity contribution in [2.24, 2.45) is 11.7 Å². The second-order valence-corrected chi connectivity index (χ2v) is 4.23. The van der Waals surface area contributed by atoms with Crippen LogP contribution in [0.4, 0.5) is 0 Å². The minimum Gasteiger partial charge on any atom is -0.356 e.